The van der Waals surface area contributed by atoms with Crippen molar-refractivity contribution in [1.29, 1.82) is 0 Å². The number of aliphatic imine (C=N–C) groups is 1. The van der Waals surface area contributed by atoms with Gasteiger partial charge in [0, 0.05) is 15.8 Å². The summed E-state index contributed by atoms with van der Waals surface area (Å²) >= 11 is 13.7. The van der Waals surface area contributed by atoms with E-state index in [2.05, 4.69) is 4.99 Å². The van der Waals surface area contributed by atoms with Gasteiger partial charge in [0.1, 0.15) is 5.75 Å². The van der Waals surface area contributed by atoms with Gasteiger partial charge in [-0.05, 0) is 24.3 Å². The highest BCUT2D eigenvalue weighted by molar-refractivity contribution is 8.16. The SMILES string of the molecule is COc1ccccc1CC(=O)N=C1SC2CS(=O)(=O)CC2N1c1ccc(Cl)cc1Cl. The fourth-order valence-corrected chi connectivity index (χ4v) is 8.10. The van der Waals surface area contributed by atoms with Crippen molar-refractivity contribution in [2.24, 2.45) is 4.99 Å². The maximum Gasteiger partial charge on any atom is 0.252 e. The second kappa shape index (κ2) is 8.42. The van der Waals surface area contributed by atoms with Crippen LogP contribution in [0.15, 0.2) is 47.5 Å². The topological polar surface area (TPSA) is 76.0 Å². The van der Waals surface area contributed by atoms with Gasteiger partial charge in [-0.25, -0.2) is 8.42 Å². The summed E-state index contributed by atoms with van der Waals surface area (Å²) in [5.41, 5.74) is 1.32. The Bertz CT molecular complexity index is 1140. The van der Waals surface area contributed by atoms with Gasteiger partial charge in [0.05, 0.1) is 41.8 Å². The van der Waals surface area contributed by atoms with Crippen molar-refractivity contribution < 1.29 is 17.9 Å². The van der Waals surface area contributed by atoms with Gasteiger partial charge in [0.25, 0.3) is 5.91 Å². The van der Waals surface area contributed by atoms with Crippen molar-refractivity contribution in [3.63, 3.8) is 0 Å². The molecule has 2 heterocycles. The van der Waals surface area contributed by atoms with E-state index in [4.69, 9.17) is 27.9 Å². The minimum absolute atomic E-state index is 0.0106. The van der Waals surface area contributed by atoms with Crippen LogP contribution in [0.2, 0.25) is 10.0 Å². The van der Waals surface area contributed by atoms with E-state index in [1.54, 1.807) is 36.3 Å². The number of amides is 1. The van der Waals surface area contributed by atoms with Crippen molar-refractivity contribution >= 4 is 61.6 Å². The molecule has 0 aromatic heterocycles. The first-order valence-electron chi connectivity index (χ1n) is 9.12. The quantitative estimate of drug-likeness (QED) is 0.655. The molecule has 0 spiro atoms. The average molecular weight is 485 g/mol. The van der Waals surface area contributed by atoms with Crippen LogP contribution in [-0.2, 0) is 21.1 Å². The van der Waals surface area contributed by atoms with Crippen molar-refractivity contribution in [1.82, 2.24) is 0 Å². The van der Waals surface area contributed by atoms with Crippen LogP contribution < -0.4 is 9.64 Å². The third kappa shape index (κ3) is 4.32. The third-order valence-corrected chi connectivity index (χ3v) is 8.74. The lowest BCUT2D eigenvalue weighted by Gasteiger charge is -2.25. The molecule has 30 heavy (non-hydrogen) atoms. The van der Waals surface area contributed by atoms with Crippen LogP contribution in [-0.4, -0.2) is 49.4 Å². The number of carbonyl (C=O) groups is 1. The molecule has 0 radical (unpaired) electrons. The van der Waals surface area contributed by atoms with E-state index in [1.165, 1.54) is 11.8 Å². The van der Waals surface area contributed by atoms with Crippen molar-refractivity contribution in [3.8, 4) is 5.75 Å². The van der Waals surface area contributed by atoms with Crippen molar-refractivity contribution in [2.75, 3.05) is 23.5 Å². The number of hydrogen-bond acceptors (Lipinski definition) is 5. The highest BCUT2D eigenvalue weighted by atomic mass is 35.5. The predicted octanol–water partition coefficient (Wildman–Crippen LogP) is 3.85. The number of carbonyl (C=O) groups excluding carboxylic acids is 1. The molecule has 0 bridgehead atoms. The Hall–Kier alpha value is -1.74. The molecule has 2 aliphatic heterocycles. The number of fused-ring (bicyclic) bond motifs is 1. The summed E-state index contributed by atoms with van der Waals surface area (Å²) in [4.78, 5) is 18.8. The van der Waals surface area contributed by atoms with Gasteiger partial charge in [-0.15, -0.1) is 0 Å². The fraction of sp³-hybridized carbons (Fsp3) is 0.300. The number of para-hydroxylation sites is 1. The van der Waals surface area contributed by atoms with Crippen LogP contribution in [0.25, 0.3) is 0 Å². The minimum Gasteiger partial charge on any atom is -0.496 e. The monoisotopic (exact) mass is 484 g/mol. The normalized spacial score (nSPS) is 23.6. The number of benzene rings is 2. The van der Waals surface area contributed by atoms with Gasteiger partial charge in [-0.2, -0.15) is 4.99 Å². The van der Waals surface area contributed by atoms with E-state index >= 15 is 0 Å². The van der Waals surface area contributed by atoms with E-state index < -0.39 is 9.84 Å². The van der Waals surface area contributed by atoms with Gasteiger partial charge in [-0.1, -0.05) is 53.2 Å². The van der Waals surface area contributed by atoms with E-state index in [0.717, 1.165) is 5.56 Å². The smallest absolute Gasteiger partial charge is 0.252 e. The average Bonchev–Trinajstić information content (AvgIpc) is 3.13. The Morgan fingerprint density at radius 1 is 1.23 bits per heavy atom. The van der Waals surface area contributed by atoms with Crippen LogP contribution >= 0.6 is 35.0 Å². The van der Waals surface area contributed by atoms with Gasteiger partial charge in [0.2, 0.25) is 0 Å². The zero-order valence-electron chi connectivity index (χ0n) is 15.9. The molecule has 2 fully saturated rings. The number of halogens is 2. The first-order chi connectivity index (χ1) is 14.3. The summed E-state index contributed by atoms with van der Waals surface area (Å²) in [6.45, 7) is 0. The van der Waals surface area contributed by atoms with Gasteiger partial charge in [-0.3, -0.25) is 4.79 Å². The highest BCUT2D eigenvalue weighted by Crippen LogP contribution is 2.43. The Balaban J connectivity index is 1.68. The first-order valence-corrected chi connectivity index (χ1v) is 12.6. The van der Waals surface area contributed by atoms with Gasteiger partial charge in [0.15, 0.2) is 15.0 Å². The number of hydrogen-bond donors (Lipinski definition) is 0. The lowest BCUT2D eigenvalue weighted by molar-refractivity contribution is -0.117. The van der Waals surface area contributed by atoms with E-state index in [-0.39, 0.29) is 35.1 Å². The van der Waals surface area contributed by atoms with E-state index in [9.17, 15) is 13.2 Å². The second-order valence-electron chi connectivity index (χ2n) is 7.04. The van der Waals surface area contributed by atoms with Crippen LogP contribution in [0.1, 0.15) is 5.56 Å². The highest BCUT2D eigenvalue weighted by Gasteiger charge is 2.49. The largest absolute Gasteiger partial charge is 0.496 e. The Morgan fingerprint density at radius 3 is 2.73 bits per heavy atom. The number of amidine groups is 1. The molecule has 6 nitrogen and oxygen atoms in total. The Kier molecular flexibility index (Phi) is 6.03. The van der Waals surface area contributed by atoms with Crippen molar-refractivity contribution in [2.45, 2.75) is 17.7 Å². The number of rotatable bonds is 4. The second-order valence-corrected chi connectivity index (χ2v) is 11.2. The van der Waals surface area contributed by atoms with Crippen LogP contribution in [0, 0.1) is 0 Å². The maximum absolute atomic E-state index is 12.7. The lowest BCUT2D eigenvalue weighted by Crippen LogP contribution is -2.38. The molecule has 10 heteroatoms. The molecule has 2 atom stereocenters. The predicted molar refractivity (Wildman–Crippen MR) is 122 cm³/mol. The molecule has 0 N–H and O–H groups in total. The molecule has 2 saturated heterocycles. The van der Waals surface area contributed by atoms with Crippen molar-refractivity contribution in [3.05, 3.63) is 58.1 Å². The number of methoxy groups -OCH3 is 1. The standard InChI is InChI=1S/C20H18Cl2N2O4S2/c1-28-17-5-3-2-4-12(17)8-19(25)23-20-24(15-7-6-13(21)9-14(15)22)16-10-30(26,27)11-18(16)29-20/h2-7,9,16,18H,8,10-11H2,1H3. The zero-order valence-corrected chi connectivity index (χ0v) is 19.1. The van der Waals surface area contributed by atoms with E-state index in [0.29, 0.717) is 26.6 Å². The third-order valence-electron chi connectivity index (χ3n) is 4.99. The molecule has 158 valence electrons. The lowest BCUT2D eigenvalue weighted by atomic mass is 10.1. The number of thioether (sulfide) groups is 1. The summed E-state index contributed by atoms with van der Waals surface area (Å²) < 4.78 is 29.7. The summed E-state index contributed by atoms with van der Waals surface area (Å²) in [7, 11) is -1.62. The van der Waals surface area contributed by atoms with E-state index in [1.807, 2.05) is 18.2 Å². The van der Waals surface area contributed by atoms with Crippen LogP contribution in [0.3, 0.4) is 0 Å². The molecule has 2 aromatic rings. The molecule has 2 aliphatic rings. The molecule has 2 aromatic carbocycles. The number of nitrogens with zero attached hydrogens (tertiary/aromatic N) is 2. The maximum atomic E-state index is 12.7. The number of ether oxygens (including phenoxy) is 1. The van der Waals surface area contributed by atoms with Crippen LogP contribution in [0.5, 0.6) is 5.75 Å². The fourth-order valence-electron chi connectivity index (χ4n) is 3.68. The number of anilines is 1. The summed E-state index contributed by atoms with van der Waals surface area (Å²) in [5, 5.41) is 1.08. The molecule has 4 rings (SSSR count). The Labute approximate surface area is 189 Å². The van der Waals surface area contributed by atoms with Crippen LogP contribution in [0.4, 0.5) is 5.69 Å². The number of sulfone groups is 1. The summed E-state index contributed by atoms with van der Waals surface area (Å²) in [5.74, 6) is 0.304. The molecular formula is C20H18Cl2N2O4S2. The summed E-state index contributed by atoms with van der Waals surface area (Å²) in [6.07, 6.45) is 0.0733. The molecule has 0 saturated carbocycles. The summed E-state index contributed by atoms with van der Waals surface area (Å²) in [6, 6.07) is 11.9. The first kappa shape index (κ1) is 21.5. The molecule has 2 unspecified atom stereocenters. The van der Waals surface area contributed by atoms with Gasteiger partial charge < -0.3 is 9.64 Å². The minimum atomic E-state index is -3.16. The zero-order chi connectivity index (χ0) is 21.5. The molecular weight excluding hydrogens is 467 g/mol. The van der Waals surface area contributed by atoms with Gasteiger partial charge >= 0.3 is 0 Å². The Morgan fingerprint density at radius 2 is 2.00 bits per heavy atom. The molecule has 1 amide bonds. The molecule has 0 aliphatic carbocycles.